The number of imidazole rings is 1. The summed E-state index contributed by atoms with van der Waals surface area (Å²) in [6.45, 7) is 13.1. The van der Waals surface area contributed by atoms with Crippen LogP contribution < -0.4 is 15.0 Å². The first-order chi connectivity index (χ1) is 19.1. The molecule has 1 unspecified atom stereocenters. The lowest BCUT2D eigenvalue weighted by atomic mass is 9.86. The zero-order chi connectivity index (χ0) is 28.5. The number of hydrogen-bond donors (Lipinski definition) is 1. The zero-order valence-electron chi connectivity index (χ0n) is 21.9. The quantitative estimate of drug-likeness (QED) is 0.279. The molecule has 4 heterocycles. The van der Waals surface area contributed by atoms with Crippen LogP contribution in [0.15, 0.2) is 48.7 Å². The van der Waals surface area contributed by atoms with Crippen molar-refractivity contribution in [3.05, 3.63) is 92.6 Å². The predicted molar refractivity (Wildman–Crippen MR) is 153 cm³/mol. The fraction of sp³-hybridized carbons (Fsp3) is 0.207. The van der Waals surface area contributed by atoms with Crippen molar-refractivity contribution in [3.63, 3.8) is 0 Å². The fourth-order valence-corrected chi connectivity index (χ4v) is 5.99. The van der Waals surface area contributed by atoms with Gasteiger partial charge in [-0.1, -0.05) is 41.9 Å². The van der Waals surface area contributed by atoms with E-state index in [9.17, 15) is 9.59 Å². The van der Waals surface area contributed by atoms with Gasteiger partial charge in [0.15, 0.2) is 11.2 Å². The number of benzene rings is 2. The molecule has 0 aliphatic carbocycles. The van der Waals surface area contributed by atoms with E-state index in [1.165, 1.54) is 24.3 Å². The van der Waals surface area contributed by atoms with E-state index in [0.717, 1.165) is 5.56 Å². The number of aromatic nitrogens is 3. The van der Waals surface area contributed by atoms with Gasteiger partial charge in [-0.25, -0.2) is 4.98 Å². The number of pyridine rings is 1. The number of halogens is 2. The largest absolute Gasteiger partial charge is 0.497 e. The topological polar surface area (TPSA) is 93.7 Å². The van der Waals surface area contributed by atoms with E-state index in [1.807, 2.05) is 31.4 Å². The van der Waals surface area contributed by atoms with Crippen LogP contribution in [0, 0.1) is 13.5 Å². The Morgan fingerprint density at radius 2 is 1.82 bits per heavy atom. The fourth-order valence-electron chi connectivity index (χ4n) is 5.65. The Morgan fingerprint density at radius 1 is 1.10 bits per heavy atom. The smallest absolute Gasteiger partial charge is 0.280 e. The molecule has 0 radical (unpaired) electrons. The summed E-state index contributed by atoms with van der Waals surface area (Å²) in [6, 6.07) is 11.6. The number of amides is 2. The molecule has 0 bridgehead atoms. The lowest BCUT2D eigenvalue weighted by Gasteiger charge is -2.36. The molecule has 2 aliphatic heterocycles. The van der Waals surface area contributed by atoms with E-state index in [1.54, 1.807) is 30.3 Å². The van der Waals surface area contributed by atoms with Gasteiger partial charge < -0.3 is 19.5 Å². The molecule has 4 aromatic rings. The van der Waals surface area contributed by atoms with E-state index in [0.29, 0.717) is 49.8 Å². The third kappa shape index (κ3) is 3.39. The molecule has 200 valence electrons. The highest BCUT2D eigenvalue weighted by molar-refractivity contribution is 6.32. The van der Waals surface area contributed by atoms with Crippen molar-refractivity contribution >= 4 is 52.2 Å². The number of carbonyl (C=O) groups is 2. The van der Waals surface area contributed by atoms with Gasteiger partial charge in [-0.3, -0.25) is 14.5 Å². The Bertz CT molecular complexity index is 1810. The first kappa shape index (κ1) is 25.9. The summed E-state index contributed by atoms with van der Waals surface area (Å²) in [4.78, 5) is 42.7. The minimum absolute atomic E-state index is 0.123. The minimum atomic E-state index is -1.60. The van der Waals surface area contributed by atoms with Crippen molar-refractivity contribution in [1.82, 2.24) is 14.5 Å². The molecule has 1 atom stereocenters. The molecule has 2 aromatic carbocycles. The summed E-state index contributed by atoms with van der Waals surface area (Å²) in [5, 5.41) is 3.82. The number of carbonyl (C=O) groups excluding carboxylic acids is 2. The van der Waals surface area contributed by atoms with Gasteiger partial charge >= 0.3 is 0 Å². The molecular weight excluding hydrogens is 551 g/mol. The standard InChI is InChI=1S/C29H22Cl2N6O3/c1-14(2)36-25-24(35-26(36)18-13-33-23(32-4)12-22(18)40-5)27(38)37(21-11-17(31)7-6-15(21)3)29(25)19-9-8-16(30)10-20(19)34-28(29)39/h6-14H,1-3,5H3,(H,34,39). The molecule has 6 rings (SSSR count). The van der Waals surface area contributed by atoms with Gasteiger partial charge in [0.1, 0.15) is 17.8 Å². The maximum atomic E-state index is 14.4. The van der Waals surface area contributed by atoms with Crippen LogP contribution in [0.3, 0.4) is 0 Å². The molecule has 2 amide bonds. The molecule has 11 heteroatoms. The molecule has 1 N–H and O–H groups in total. The summed E-state index contributed by atoms with van der Waals surface area (Å²) in [5.74, 6) is 0.0542. The number of ether oxygens (including phenoxy) is 1. The highest BCUT2D eigenvalue weighted by atomic mass is 35.5. The van der Waals surface area contributed by atoms with Gasteiger partial charge in [-0.2, -0.15) is 0 Å². The molecule has 40 heavy (non-hydrogen) atoms. The van der Waals surface area contributed by atoms with Crippen molar-refractivity contribution in [2.75, 3.05) is 17.3 Å². The second kappa shape index (κ2) is 9.08. The van der Waals surface area contributed by atoms with E-state index >= 15 is 0 Å². The van der Waals surface area contributed by atoms with Gasteiger partial charge in [0.05, 0.1) is 24.1 Å². The normalized spacial score (nSPS) is 17.3. The maximum Gasteiger partial charge on any atom is 0.280 e. The Hall–Kier alpha value is -4.39. The Kier molecular flexibility index (Phi) is 5.87. The summed E-state index contributed by atoms with van der Waals surface area (Å²) in [5.41, 5.74) is 1.74. The first-order valence-corrected chi connectivity index (χ1v) is 13.2. The van der Waals surface area contributed by atoms with Gasteiger partial charge in [0.25, 0.3) is 17.6 Å². The Balaban J connectivity index is 1.73. The van der Waals surface area contributed by atoms with Crippen LogP contribution >= 0.6 is 23.2 Å². The lowest BCUT2D eigenvalue weighted by Crippen LogP contribution is -2.51. The second-order valence-electron chi connectivity index (χ2n) is 9.88. The number of nitrogens with zero attached hydrogens (tertiary/aromatic N) is 5. The number of methoxy groups -OCH3 is 1. The van der Waals surface area contributed by atoms with Gasteiger partial charge in [0, 0.05) is 33.4 Å². The Morgan fingerprint density at radius 3 is 2.52 bits per heavy atom. The van der Waals surface area contributed by atoms with Crippen molar-refractivity contribution in [2.45, 2.75) is 32.4 Å². The van der Waals surface area contributed by atoms with Gasteiger partial charge in [-0.05, 0) is 50.6 Å². The lowest BCUT2D eigenvalue weighted by molar-refractivity contribution is -0.119. The summed E-state index contributed by atoms with van der Waals surface area (Å²) in [6.07, 6.45) is 1.50. The molecule has 0 saturated carbocycles. The summed E-state index contributed by atoms with van der Waals surface area (Å²) in [7, 11) is 1.49. The third-order valence-corrected chi connectivity index (χ3v) is 7.77. The summed E-state index contributed by atoms with van der Waals surface area (Å²) >= 11 is 12.7. The minimum Gasteiger partial charge on any atom is -0.497 e. The SMILES string of the molecule is [C-]#[N+]c1cc(OC)c(-c2nc3c(n2C(C)C)C2(C(=O)Nc4cc(Cl)ccc42)N(c2cc(Cl)ccc2C)C3=O)cn1. The highest BCUT2D eigenvalue weighted by Gasteiger charge is 2.64. The number of rotatable bonds is 4. The first-order valence-electron chi connectivity index (χ1n) is 12.4. The Labute approximate surface area is 240 Å². The zero-order valence-corrected chi connectivity index (χ0v) is 23.4. The van der Waals surface area contributed by atoms with Crippen molar-refractivity contribution in [3.8, 4) is 17.1 Å². The van der Waals surface area contributed by atoms with Crippen LogP contribution in [-0.2, 0) is 10.3 Å². The van der Waals surface area contributed by atoms with Crippen LogP contribution in [0.1, 0.15) is 47.2 Å². The number of nitrogens with one attached hydrogen (secondary N) is 1. The van der Waals surface area contributed by atoms with Crippen molar-refractivity contribution in [1.29, 1.82) is 0 Å². The number of fused-ring (bicyclic) bond motifs is 4. The molecule has 2 aromatic heterocycles. The van der Waals surface area contributed by atoms with Crippen molar-refractivity contribution < 1.29 is 14.3 Å². The summed E-state index contributed by atoms with van der Waals surface area (Å²) < 4.78 is 7.46. The second-order valence-corrected chi connectivity index (χ2v) is 10.7. The van der Waals surface area contributed by atoms with Gasteiger partial charge in [0.2, 0.25) is 0 Å². The molecule has 2 aliphatic rings. The third-order valence-electron chi connectivity index (χ3n) is 7.30. The van der Waals surface area contributed by atoms with E-state index in [4.69, 9.17) is 39.5 Å². The van der Waals surface area contributed by atoms with Crippen LogP contribution in [-0.4, -0.2) is 33.5 Å². The molecule has 0 saturated heterocycles. The average Bonchev–Trinajstić information content (AvgIpc) is 3.53. The maximum absolute atomic E-state index is 14.4. The van der Waals surface area contributed by atoms with Crippen molar-refractivity contribution in [2.24, 2.45) is 0 Å². The van der Waals surface area contributed by atoms with E-state index in [-0.39, 0.29) is 17.6 Å². The number of anilines is 2. The van der Waals surface area contributed by atoms with Crippen LogP contribution in [0.5, 0.6) is 5.75 Å². The van der Waals surface area contributed by atoms with E-state index in [2.05, 4.69) is 15.1 Å². The van der Waals surface area contributed by atoms with Crippen LogP contribution in [0.25, 0.3) is 16.2 Å². The molecule has 0 fully saturated rings. The van der Waals surface area contributed by atoms with Crippen LogP contribution in [0.2, 0.25) is 10.0 Å². The average molecular weight is 573 g/mol. The molecular formula is C29H22Cl2N6O3. The number of hydrogen-bond acceptors (Lipinski definition) is 5. The molecule has 1 spiro atoms. The number of aryl methyl sites for hydroxylation is 1. The predicted octanol–water partition coefficient (Wildman–Crippen LogP) is 6.56. The van der Waals surface area contributed by atoms with Gasteiger partial charge in [-0.15, -0.1) is 4.98 Å². The molecule has 9 nitrogen and oxygen atoms in total. The van der Waals surface area contributed by atoms with E-state index < -0.39 is 17.4 Å². The monoisotopic (exact) mass is 572 g/mol. The highest BCUT2D eigenvalue weighted by Crippen LogP contribution is 2.55. The van der Waals surface area contributed by atoms with Crippen LogP contribution in [0.4, 0.5) is 17.2 Å².